The van der Waals surface area contributed by atoms with E-state index in [1.165, 1.54) is 6.07 Å². The van der Waals surface area contributed by atoms with Crippen molar-refractivity contribution in [3.63, 3.8) is 0 Å². The number of hydrogen-bond donors (Lipinski definition) is 0. The van der Waals surface area contributed by atoms with Crippen molar-refractivity contribution in [2.45, 2.75) is 32.4 Å². The van der Waals surface area contributed by atoms with Crippen LogP contribution in [0.3, 0.4) is 0 Å². The summed E-state index contributed by atoms with van der Waals surface area (Å²) in [5.74, 6) is -0.400. The molecule has 0 aromatic heterocycles. The van der Waals surface area contributed by atoms with Crippen LogP contribution in [0.25, 0.3) is 11.1 Å². The summed E-state index contributed by atoms with van der Waals surface area (Å²) in [6, 6.07) is 10.2. The molecule has 0 saturated heterocycles. The number of carbonyl (C=O) groups excluding carboxylic acids is 1. The second-order valence-electron chi connectivity index (χ2n) is 6.70. The number of halogens is 4. The lowest BCUT2D eigenvalue weighted by Crippen LogP contribution is -2.16. The first-order valence-electron chi connectivity index (χ1n) is 9.07. The van der Waals surface area contributed by atoms with Crippen molar-refractivity contribution in [2.24, 2.45) is 5.92 Å². The number of hydrogen-bond acceptors (Lipinski definition) is 3. The Morgan fingerprint density at radius 3 is 2.46 bits per heavy atom. The summed E-state index contributed by atoms with van der Waals surface area (Å²) >= 11 is 6.22. The van der Waals surface area contributed by atoms with Gasteiger partial charge in [-0.25, -0.2) is 0 Å². The molecule has 1 fully saturated rings. The fraction of sp³-hybridized carbons (Fsp3) is 0.381. The molecule has 0 unspecified atom stereocenters. The largest absolute Gasteiger partial charge is 0.491 e. The van der Waals surface area contributed by atoms with E-state index in [4.69, 9.17) is 21.1 Å². The third-order valence-electron chi connectivity index (χ3n) is 4.47. The molecule has 7 heteroatoms. The van der Waals surface area contributed by atoms with Gasteiger partial charge in [0, 0.05) is 5.56 Å². The van der Waals surface area contributed by atoms with Gasteiger partial charge in [-0.2, -0.15) is 13.2 Å². The Bertz CT molecular complexity index is 846. The molecule has 1 saturated carbocycles. The molecule has 1 aliphatic rings. The van der Waals surface area contributed by atoms with Crippen LogP contribution in [0.2, 0.25) is 5.02 Å². The first kappa shape index (κ1) is 20.5. The number of esters is 1. The quantitative estimate of drug-likeness (QED) is 0.529. The zero-order valence-corrected chi connectivity index (χ0v) is 16.1. The number of benzene rings is 2. The van der Waals surface area contributed by atoms with Gasteiger partial charge in [0.2, 0.25) is 0 Å². The zero-order chi connectivity index (χ0) is 20.3. The van der Waals surface area contributed by atoms with Crippen LogP contribution in [0.15, 0.2) is 36.4 Å². The van der Waals surface area contributed by atoms with Gasteiger partial charge in [-0.05, 0) is 42.9 Å². The molecule has 0 radical (unpaired) electrons. The van der Waals surface area contributed by atoms with E-state index in [1.807, 2.05) is 0 Å². The Morgan fingerprint density at radius 1 is 1.21 bits per heavy atom. The molecule has 0 N–H and O–H groups in total. The van der Waals surface area contributed by atoms with Crippen LogP contribution in [0, 0.1) is 5.92 Å². The van der Waals surface area contributed by atoms with Gasteiger partial charge in [0.25, 0.3) is 0 Å². The van der Waals surface area contributed by atoms with Crippen LogP contribution in [-0.4, -0.2) is 19.2 Å². The Balaban J connectivity index is 2.14. The van der Waals surface area contributed by atoms with Crippen LogP contribution < -0.4 is 4.74 Å². The van der Waals surface area contributed by atoms with Crippen molar-refractivity contribution in [1.82, 2.24) is 0 Å². The van der Waals surface area contributed by atoms with Crippen LogP contribution in [0.4, 0.5) is 13.2 Å². The molecule has 0 amide bonds. The first-order chi connectivity index (χ1) is 13.3. The molecular formula is C21H20ClF3O3. The number of rotatable bonds is 7. The van der Waals surface area contributed by atoms with E-state index in [2.05, 4.69) is 0 Å². The summed E-state index contributed by atoms with van der Waals surface area (Å²) in [6.07, 6.45) is -3.27. The summed E-state index contributed by atoms with van der Waals surface area (Å²) in [6.45, 7) is 2.00. The molecule has 0 atom stereocenters. The SMILES string of the molecule is CCOC(=O)Cc1cc(-c2ccccc2)c(OCC2CC2)c(Cl)c1C(F)(F)F. The molecule has 0 aliphatic heterocycles. The second-order valence-corrected chi connectivity index (χ2v) is 7.08. The Morgan fingerprint density at radius 2 is 1.89 bits per heavy atom. The van der Waals surface area contributed by atoms with E-state index in [0.717, 1.165) is 12.8 Å². The van der Waals surface area contributed by atoms with Crippen molar-refractivity contribution >= 4 is 17.6 Å². The predicted molar refractivity (Wildman–Crippen MR) is 100 cm³/mol. The monoisotopic (exact) mass is 412 g/mol. The maximum absolute atomic E-state index is 13.8. The van der Waals surface area contributed by atoms with Crippen LogP contribution in [0.5, 0.6) is 5.75 Å². The highest BCUT2D eigenvalue weighted by Crippen LogP contribution is 2.47. The highest BCUT2D eigenvalue weighted by molar-refractivity contribution is 6.33. The van der Waals surface area contributed by atoms with E-state index < -0.39 is 29.2 Å². The normalized spacial score (nSPS) is 14.0. The molecule has 2 aromatic rings. The van der Waals surface area contributed by atoms with Crippen molar-refractivity contribution in [3.8, 4) is 16.9 Å². The summed E-state index contributed by atoms with van der Waals surface area (Å²) in [5.41, 5.74) is -0.186. The average molecular weight is 413 g/mol. The van der Waals surface area contributed by atoms with Gasteiger partial charge in [-0.1, -0.05) is 41.9 Å². The van der Waals surface area contributed by atoms with Crippen molar-refractivity contribution < 1.29 is 27.4 Å². The highest BCUT2D eigenvalue weighted by Gasteiger charge is 2.39. The summed E-state index contributed by atoms with van der Waals surface area (Å²) in [5, 5.41) is -0.520. The number of ether oxygens (including phenoxy) is 2. The van der Waals surface area contributed by atoms with Gasteiger partial charge in [-0.3, -0.25) is 4.79 Å². The lowest BCUT2D eigenvalue weighted by Gasteiger charge is -2.21. The zero-order valence-electron chi connectivity index (χ0n) is 15.3. The topological polar surface area (TPSA) is 35.5 Å². The number of carbonyl (C=O) groups is 1. The molecule has 0 bridgehead atoms. The summed E-state index contributed by atoms with van der Waals surface area (Å²) in [7, 11) is 0. The van der Waals surface area contributed by atoms with Gasteiger partial charge in [-0.15, -0.1) is 0 Å². The van der Waals surface area contributed by atoms with Crippen LogP contribution in [0.1, 0.15) is 30.9 Å². The molecule has 3 nitrogen and oxygen atoms in total. The van der Waals surface area contributed by atoms with E-state index in [9.17, 15) is 18.0 Å². The maximum Gasteiger partial charge on any atom is 0.418 e. The molecule has 0 heterocycles. The molecule has 150 valence electrons. The van der Waals surface area contributed by atoms with Crippen LogP contribution >= 0.6 is 11.6 Å². The van der Waals surface area contributed by atoms with E-state index in [-0.39, 0.29) is 17.9 Å². The van der Waals surface area contributed by atoms with Gasteiger partial charge in [0.05, 0.1) is 30.2 Å². The molecule has 0 spiro atoms. The van der Waals surface area contributed by atoms with Crippen molar-refractivity contribution in [2.75, 3.05) is 13.2 Å². The second kappa shape index (κ2) is 8.43. The third kappa shape index (κ3) is 4.79. The molecule has 1 aliphatic carbocycles. The van der Waals surface area contributed by atoms with Crippen LogP contribution in [-0.2, 0) is 22.1 Å². The summed E-state index contributed by atoms with van der Waals surface area (Å²) in [4.78, 5) is 11.9. The minimum absolute atomic E-state index is 0.000277. The maximum atomic E-state index is 13.8. The van der Waals surface area contributed by atoms with Crippen molar-refractivity contribution in [3.05, 3.63) is 52.5 Å². The first-order valence-corrected chi connectivity index (χ1v) is 9.45. The standard InChI is InChI=1S/C21H20ClF3O3/c1-2-27-17(26)11-15-10-16(14-6-4-3-5-7-14)20(28-12-13-8-9-13)19(22)18(15)21(23,24)25/h3-7,10,13H,2,8-9,11-12H2,1H3. The lowest BCUT2D eigenvalue weighted by molar-refractivity contribution is -0.143. The minimum atomic E-state index is -4.73. The van der Waals surface area contributed by atoms with E-state index in [0.29, 0.717) is 23.7 Å². The van der Waals surface area contributed by atoms with E-state index in [1.54, 1.807) is 37.3 Å². The van der Waals surface area contributed by atoms with E-state index >= 15 is 0 Å². The van der Waals surface area contributed by atoms with Gasteiger partial charge in [0.1, 0.15) is 5.75 Å². The fourth-order valence-electron chi connectivity index (χ4n) is 2.96. The highest BCUT2D eigenvalue weighted by atomic mass is 35.5. The number of alkyl halides is 3. The summed E-state index contributed by atoms with van der Waals surface area (Å²) < 4.78 is 51.9. The molecule has 2 aromatic carbocycles. The molecular weight excluding hydrogens is 393 g/mol. The predicted octanol–water partition coefficient (Wildman–Crippen LogP) is 5.92. The molecule has 3 rings (SSSR count). The van der Waals surface area contributed by atoms with Gasteiger partial charge >= 0.3 is 12.1 Å². The molecule has 28 heavy (non-hydrogen) atoms. The van der Waals surface area contributed by atoms with Crippen molar-refractivity contribution in [1.29, 1.82) is 0 Å². The van der Waals surface area contributed by atoms with Gasteiger partial charge < -0.3 is 9.47 Å². The third-order valence-corrected chi connectivity index (χ3v) is 4.83. The minimum Gasteiger partial charge on any atom is -0.491 e. The Labute approximate surface area is 166 Å². The Hall–Kier alpha value is -2.21. The average Bonchev–Trinajstić information content (AvgIpc) is 3.44. The smallest absolute Gasteiger partial charge is 0.418 e. The lowest BCUT2D eigenvalue weighted by atomic mass is 9.95. The Kier molecular flexibility index (Phi) is 6.18. The fourth-order valence-corrected chi connectivity index (χ4v) is 3.34. The van der Waals surface area contributed by atoms with Gasteiger partial charge in [0.15, 0.2) is 0 Å².